The van der Waals surface area contributed by atoms with Crippen LogP contribution in [0.25, 0.3) is 0 Å². The number of para-hydroxylation sites is 1. The minimum atomic E-state index is -3.09. The van der Waals surface area contributed by atoms with Gasteiger partial charge < -0.3 is 25.4 Å². The second-order valence-corrected chi connectivity index (χ2v) is 5.89. The largest absolute Gasteiger partial charge is 0.493 e. The fraction of sp³-hybridized carbons (Fsp3) is 0.529. The molecular formula is C17H24ClF2N3O4. The molecular weight excluding hydrogens is 384 g/mol. The number of carbonyl (C=O) groups excluding carboxylic acids is 2. The number of hydrogen-bond acceptors (Lipinski definition) is 5. The number of amides is 2. The van der Waals surface area contributed by atoms with Crippen molar-refractivity contribution in [1.82, 2.24) is 10.2 Å². The van der Waals surface area contributed by atoms with Gasteiger partial charge in [0.1, 0.15) is 0 Å². The van der Waals surface area contributed by atoms with Crippen molar-refractivity contribution in [2.24, 2.45) is 11.7 Å². The fourth-order valence-corrected chi connectivity index (χ4v) is 2.94. The first-order chi connectivity index (χ1) is 12.5. The minimum absolute atomic E-state index is 0. The Hall–Kier alpha value is -2.13. The van der Waals surface area contributed by atoms with Crippen molar-refractivity contribution in [2.75, 3.05) is 33.3 Å². The van der Waals surface area contributed by atoms with Gasteiger partial charge in [-0.1, -0.05) is 6.07 Å². The monoisotopic (exact) mass is 407 g/mol. The van der Waals surface area contributed by atoms with Crippen LogP contribution in [0.4, 0.5) is 8.78 Å². The Kier molecular flexibility index (Phi) is 9.23. The number of piperidine rings is 1. The zero-order valence-corrected chi connectivity index (χ0v) is 15.8. The number of ether oxygens (including phenoxy) is 2. The maximum atomic E-state index is 12.8. The van der Waals surface area contributed by atoms with Gasteiger partial charge >= 0.3 is 6.61 Å². The van der Waals surface area contributed by atoms with E-state index in [4.69, 9.17) is 10.5 Å². The summed E-state index contributed by atoms with van der Waals surface area (Å²) < 4.78 is 35.0. The van der Waals surface area contributed by atoms with Gasteiger partial charge in [-0.3, -0.25) is 9.59 Å². The second-order valence-electron chi connectivity index (χ2n) is 5.89. The van der Waals surface area contributed by atoms with E-state index in [1.165, 1.54) is 30.2 Å². The average molecular weight is 408 g/mol. The molecule has 152 valence electrons. The van der Waals surface area contributed by atoms with Gasteiger partial charge in [0.15, 0.2) is 11.5 Å². The van der Waals surface area contributed by atoms with E-state index in [0.717, 1.165) is 0 Å². The molecule has 7 nitrogen and oxygen atoms in total. The Morgan fingerprint density at radius 2 is 2.15 bits per heavy atom. The first-order valence-corrected chi connectivity index (χ1v) is 8.36. The highest BCUT2D eigenvalue weighted by atomic mass is 35.5. The summed E-state index contributed by atoms with van der Waals surface area (Å²) in [5.41, 5.74) is 5.35. The maximum absolute atomic E-state index is 12.8. The lowest BCUT2D eigenvalue weighted by Gasteiger charge is -2.32. The molecule has 0 bridgehead atoms. The Morgan fingerprint density at radius 3 is 2.78 bits per heavy atom. The first-order valence-electron chi connectivity index (χ1n) is 8.36. The summed E-state index contributed by atoms with van der Waals surface area (Å²) >= 11 is 0. The van der Waals surface area contributed by atoms with Gasteiger partial charge in [0.05, 0.1) is 18.6 Å². The van der Waals surface area contributed by atoms with Crippen molar-refractivity contribution in [1.29, 1.82) is 0 Å². The van der Waals surface area contributed by atoms with Crippen LogP contribution in [0.1, 0.15) is 23.2 Å². The molecule has 1 heterocycles. The third kappa shape index (κ3) is 5.93. The smallest absolute Gasteiger partial charge is 0.387 e. The van der Waals surface area contributed by atoms with Crippen LogP contribution in [-0.2, 0) is 4.79 Å². The van der Waals surface area contributed by atoms with Gasteiger partial charge in [-0.25, -0.2) is 0 Å². The quantitative estimate of drug-likeness (QED) is 0.716. The molecule has 1 aromatic rings. The number of benzene rings is 1. The zero-order chi connectivity index (χ0) is 19.1. The molecule has 3 N–H and O–H groups in total. The number of alkyl halides is 2. The van der Waals surface area contributed by atoms with Crippen LogP contribution in [-0.4, -0.2) is 56.6 Å². The van der Waals surface area contributed by atoms with Crippen LogP contribution in [0.5, 0.6) is 11.5 Å². The van der Waals surface area contributed by atoms with E-state index in [1.54, 1.807) is 0 Å². The summed E-state index contributed by atoms with van der Waals surface area (Å²) in [5, 5.41) is 2.71. The van der Waals surface area contributed by atoms with Crippen LogP contribution in [0.2, 0.25) is 0 Å². The predicted molar refractivity (Wildman–Crippen MR) is 97.6 cm³/mol. The topological polar surface area (TPSA) is 93.9 Å². The van der Waals surface area contributed by atoms with Crippen molar-refractivity contribution < 1.29 is 27.8 Å². The summed E-state index contributed by atoms with van der Waals surface area (Å²) in [4.78, 5) is 26.4. The van der Waals surface area contributed by atoms with Gasteiger partial charge in [-0.2, -0.15) is 8.78 Å². The second kappa shape index (κ2) is 10.9. The number of carbonyl (C=O) groups is 2. The predicted octanol–water partition coefficient (Wildman–Crippen LogP) is 1.65. The molecule has 1 atom stereocenters. The van der Waals surface area contributed by atoms with Crippen molar-refractivity contribution in [3.63, 3.8) is 0 Å². The first kappa shape index (κ1) is 22.9. The summed E-state index contributed by atoms with van der Waals surface area (Å²) in [6, 6.07) is 4.37. The Morgan fingerprint density at radius 1 is 1.41 bits per heavy atom. The molecule has 1 saturated heterocycles. The Labute approximate surface area is 162 Å². The molecule has 0 spiro atoms. The van der Waals surface area contributed by atoms with E-state index in [0.29, 0.717) is 32.5 Å². The van der Waals surface area contributed by atoms with E-state index in [2.05, 4.69) is 10.1 Å². The highest BCUT2D eigenvalue weighted by Crippen LogP contribution is 2.34. The Bertz CT molecular complexity index is 649. The highest BCUT2D eigenvalue weighted by molar-refractivity contribution is 5.98. The molecule has 0 saturated carbocycles. The molecule has 2 rings (SSSR count). The van der Waals surface area contributed by atoms with Gasteiger partial charge in [-0.15, -0.1) is 12.4 Å². The standard InChI is InChI=1S/C17H23F2N3O4.ClH/c1-25-13-6-2-5-12(14(13)26-17(18)19)16(24)22-9-3-4-11(10-22)15(23)21-8-7-20;/h2,5-6,11,17H,3-4,7-10,20H2,1H3,(H,21,23);1H. The van der Waals surface area contributed by atoms with E-state index in [1.807, 2.05) is 0 Å². The summed E-state index contributed by atoms with van der Waals surface area (Å²) in [5.74, 6) is -1.25. The number of nitrogens with one attached hydrogen (secondary N) is 1. The van der Waals surface area contributed by atoms with Crippen molar-refractivity contribution >= 4 is 24.2 Å². The number of hydrogen-bond donors (Lipinski definition) is 2. The highest BCUT2D eigenvalue weighted by Gasteiger charge is 2.31. The molecule has 1 aliphatic rings. The van der Waals surface area contributed by atoms with E-state index < -0.39 is 12.5 Å². The van der Waals surface area contributed by atoms with E-state index in [-0.39, 0.29) is 47.8 Å². The summed E-state index contributed by atoms with van der Waals surface area (Å²) in [7, 11) is 1.31. The van der Waals surface area contributed by atoms with Crippen molar-refractivity contribution in [3.05, 3.63) is 23.8 Å². The van der Waals surface area contributed by atoms with E-state index >= 15 is 0 Å². The van der Waals surface area contributed by atoms with Crippen molar-refractivity contribution in [3.8, 4) is 11.5 Å². The van der Waals surface area contributed by atoms with Crippen LogP contribution < -0.4 is 20.5 Å². The van der Waals surface area contributed by atoms with Crippen LogP contribution in [0.15, 0.2) is 18.2 Å². The SMILES string of the molecule is COc1cccc(C(=O)N2CCCC(C(=O)NCCN)C2)c1OC(F)F.Cl. The van der Waals surface area contributed by atoms with Crippen LogP contribution in [0, 0.1) is 5.92 Å². The summed E-state index contributed by atoms with van der Waals surface area (Å²) in [6.07, 6.45) is 1.29. The maximum Gasteiger partial charge on any atom is 0.387 e. The number of likely N-dealkylation sites (tertiary alicyclic amines) is 1. The minimum Gasteiger partial charge on any atom is -0.493 e. The molecule has 0 aliphatic carbocycles. The number of methoxy groups -OCH3 is 1. The molecule has 1 fully saturated rings. The lowest BCUT2D eigenvalue weighted by Crippen LogP contribution is -2.46. The lowest BCUT2D eigenvalue weighted by atomic mass is 9.96. The molecule has 27 heavy (non-hydrogen) atoms. The number of nitrogens with zero attached hydrogens (tertiary/aromatic N) is 1. The van der Waals surface area contributed by atoms with Crippen molar-refractivity contribution in [2.45, 2.75) is 19.5 Å². The van der Waals surface area contributed by atoms with Crippen LogP contribution in [0.3, 0.4) is 0 Å². The third-order valence-corrected chi connectivity index (χ3v) is 4.16. The Balaban J connectivity index is 0.00000364. The molecule has 1 unspecified atom stereocenters. The fourth-order valence-electron chi connectivity index (χ4n) is 2.94. The normalized spacial score (nSPS) is 16.5. The van der Waals surface area contributed by atoms with Gasteiger partial charge in [0.25, 0.3) is 5.91 Å². The lowest BCUT2D eigenvalue weighted by molar-refractivity contribution is -0.126. The van der Waals surface area contributed by atoms with Gasteiger partial charge in [0.2, 0.25) is 5.91 Å². The summed E-state index contributed by atoms with van der Waals surface area (Å²) in [6.45, 7) is -1.75. The van der Waals surface area contributed by atoms with Gasteiger partial charge in [-0.05, 0) is 25.0 Å². The number of rotatable bonds is 7. The number of nitrogens with two attached hydrogens (primary N) is 1. The van der Waals surface area contributed by atoms with Crippen LogP contribution >= 0.6 is 12.4 Å². The molecule has 0 aromatic heterocycles. The molecule has 1 aromatic carbocycles. The molecule has 2 amide bonds. The van der Waals surface area contributed by atoms with Gasteiger partial charge in [0, 0.05) is 26.2 Å². The average Bonchev–Trinajstić information content (AvgIpc) is 2.65. The molecule has 1 aliphatic heterocycles. The molecule has 0 radical (unpaired) electrons. The third-order valence-electron chi connectivity index (χ3n) is 4.16. The zero-order valence-electron chi connectivity index (χ0n) is 15.0. The van der Waals surface area contributed by atoms with E-state index in [9.17, 15) is 18.4 Å². The molecule has 10 heteroatoms. The number of halogens is 3.